The highest BCUT2D eigenvalue weighted by molar-refractivity contribution is 5.52. The molecule has 5 nitrogen and oxygen atoms in total. The smallest absolute Gasteiger partial charge is 0.153 e. The number of likely N-dealkylation sites (N-methyl/N-ethyl adjacent to an activating group) is 1. The van der Waals surface area contributed by atoms with Crippen LogP contribution in [0.3, 0.4) is 0 Å². The summed E-state index contributed by atoms with van der Waals surface area (Å²) in [5.74, 6) is -0.947. The Bertz CT molecular complexity index is 617. The maximum absolute atomic E-state index is 14.3. The van der Waals surface area contributed by atoms with Crippen LogP contribution in [0.25, 0.3) is 0 Å². The number of anilines is 1. The molecule has 1 aliphatic heterocycles. The number of ether oxygens (including phenoxy) is 1. The molecule has 0 unspecified atom stereocenters. The molecule has 0 spiro atoms. The molecule has 0 aliphatic carbocycles. The lowest BCUT2D eigenvalue weighted by molar-refractivity contribution is 0.294. The van der Waals surface area contributed by atoms with Crippen LogP contribution >= 0.6 is 0 Å². The van der Waals surface area contributed by atoms with E-state index in [1.807, 2.05) is 11.6 Å². The van der Waals surface area contributed by atoms with Gasteiger partial charge in [-0.3, -0.25) is 0 Å². The third-order valence-electron chi connectivity index (χ3n) is 3.99. The van der Waals surface area contributed by atoms with Gasteiger partial charge in [-0.15, -0.1) is 0 Å². The van der Waals surface area contributed by atoms with Gasteiger partial charge in [0.1, 0.15) is 18.0 Å². The van der Waals surface area contributed by atoms with Gasteiger partial charge in [0.05, 0.1) is 12.9 Å². The molecular formula is C16H20F2N4O. The van der Waals surface area contributed by atoms with Crippen LogP contribution in [0, 0.1) is 11.6 Å². The first-order valence-electron chi connectivity index (χ1n) is 7.64. The fourth-order valence-corrected chi connectivity index (χ4v) is 2.65. The Kier molecular flexibility index (Phi) is 4.76. The van der Waals surface area contributed by atoms with Crippen LogP contribution in [-0.4, -0.2) is 54.3 Å². The molecule has 0 atom stereocenters. The van der Waals surface area contributed by atoms with Gasteiger partial charge in [-0.25, -0.2) is 13.8 Å². The Morgan fingerprint density at radius 1 is 1.13 bits per heavy atom. The molecule has 7 heteroatoms. The average Bonchev–Trinajstić information content (AvgIpc) is 3.02. The molecule has 124 valence electrons. The van der Waals surface area contributed by atoms with Crippen molar-refractivity contribution < 1.29 is 13.5 Å². The van der Waals surface area contributed by atoms with E-state index in [4.69, 9.17) is 4.74 Å². The van der Waals surface area contributed by atoms with Gasteiger partial charge in [-0.2, -0.15) is 0 Å². The van der Waals surface area contributed by atoms with E-state index in [9.17, 15) is 8.78 Å². The van der Waals surface area contributed by atoms with E-state index in [0.29, 0.717) is 26.2 Å². The molecule has 2 aromatic rings. The molecule has 0 bridgehead atoms. The molecule has 0 N–H and O–H groups in total. The number of hydrogen-bond acceptors (Lipinski definition) is 4. The van der Waals surface area contributed by atoms with Crippen molar-refractivity contribution in [1.29, 1.82) is 0 Å². The van der Waals surface area contributed by atoms with Crippen molar-refractivity contribution in [3.8, 4) is 5.75 Å². The van der Waals surface area contributed by atoms with E-state index in [2.05, 4.69) is 9.88 Å². The average molecular weight is 322 g/mol. The maximum atomic E-state index is 14.3. The lowest BCUT2D eigenvalue weighted by Gasteiger charge is -2.34. The van der Waals surface area contributed by atoms with Gasteiger partial charge < -0.3 is 19.1 Å². The number of aromatic nitrogens is 2. The zero-order valence-electron chi connectivity index (χ0n) is 13.1. The van der Waals surface area contributed by atoms with Crippen molar-refractivity contribution in [3.05, 3.63) is 42.5 Å². The summed E-state index contributed by atoms with van der Waals surface area (Å²) < 4.78 is 35.9. The summed E-state index contributed by atoms with van der Waals surface area (Å²) in [6.07, 6.45) is 5.15. The maximum Gasteiger partial charge on any atom is 0.153 e. The van der Waals surface area contributed by atoms with Crippen molar-refractivity contribution in [2.45, 2.75) is 6.54 Å². The molecule has 1 aromatic carbocycles. The van der Waals surface area contributed by atoms with E-state index in [1.54, 1.807) is 23.6 Å². The first-order chi connectivity index (χ1) is 11.1. The third kappa shape index (κ3) is 3.79. The van der Waals surface area contributed by atoms with E-state index in [-0.39, 0.29) is 11.4 Å². The Labute approximate surface area is 134 Å². The fourth-order valence-electron chi connectivity index (χ4n) is 2.65. The molecule has 1 saturated heterocycles. The molecule has 3 rings (SSSR count). The Morgan fingerprint density at radius 2 is 1.83 bits per heavy atom. The zero-order valence-corrected chi connectivity index (χ0v) is 13.1. The highest BCUT2D eigenvalue weighted by Gasteiger charge is 2.21. The number of hydrogen-bond donors (Lipinski definition) is 0. The van der Waals surface area contributed by atoms with Gasteiger partial charge in [0.2, 0.25) is 0 Å². The predicted octanol–water partition coefficient (Wildman–Crippen LogP) is 1.99. The van der Waals surface area contributed by atoms with E-state index < -0.39 is 11.6 Å². The summed E-state index contributed by atoms with van der Waals surface area (Å²) in [6.45, 7) is 3.72. The molecule has 1 fully saturated rings. The number of halogens is 2. The van der Waals surface area contributed by atoms with Crippen molar-refractivity contribution >= 4 is 5.69 Å². The molecule has 23 heavy (non-hydrogen) atoms. The van der Waals surface area contributed by atoms with Crippen molar-refractivity contribution in [1.82, 2.24) is 14.5 Å². The van der Waals surface area contributed by atoms with Crippen LogP contribution in [0.2, 0.25) is 0 Å². The van der Waals surface area contributed by atoms with Crippen LogP contribution in [0.4, 0.5) is 14.5 Å². The Morgan fingerprint density at radius 3 is 2.43 bits per heavy atom. The fraction of sp³-hybridized carbons (Fsp3) is 0.438. The minimum Gasteiger partial charge on any atom is -0.492 e. The first kappa shape index (κ1) is 15.7. The van der Waals surface area contributed by atoms with Gasteiger partial charge in [-0.1, -0.05) is 0 Å². The number of piperazine rings is 1. The molecule has 1 aliphatic rings. The highest BCUT2D eigenvalue weighted by atomic mass is 19.1. The van der Waals surface area contributed by atoms with Gasteiger partial charge in [-0.05, 0) is 7.05 Å². The first-order valence-corrected chi connectivity index (χ1v) is 7.64. The summed E-state index contributed by atoms with van der Waals surface area (Å²) in [5, 5.41) is 0. The summed E-state index contributed by atoms with van der Waals surface area (Å²) in [5.41, 5.74) is 0.0417. The van der Waals surface area contributed by atoms with E-state index in [0.717, 1.165) is 13.1 Å². The van der Waals surface area contributed by atoms with Crippen LogP contribution in [0.1, 0.15) is 0 Å². The second kappa shape index (κ2) is 6.95. The zero-order chi connectivity index (χ0) is 16.2. The number of imidazole rings is 1. The minimum absolute atomic E-state index is 0.0417. The molecule has 1 aromatic heterocycles. The topological polar surface area (TPSA) is 33.5 Å². The van der Waals surface area contributed by atoms with Crippen molar-refractivity contribution in [3.63, 3.8) is 0 Å². The van der Waals surface area contributed by atoms with Crippen LogP contribution in [0.15, 0.2) is 30.9 Å². The van der Waals surface area contributed by atoms with Crippen LogP contribution < -0.4 is 9.64 Å². The third-order valence-corrected chi connectivity index (χ3v) is 3.99. The van der Waals surface area contributed by atoms with Gasteiger partial charge >= 0.3 is 0 Å². The largest absolute Gasteiger partial charge is 0.492 e. The monoisotopic (exact) mass is 322 g/mol. The highest BCUT2D eigenvalue weighted by Crippen LogP contribution is 2.29. The normalized spacial score (nSPS) is 15.9. The summed E-state index contributed by atoms with van der Waals surface area (Å²) in [7, 11) is 2.00. The minimum atomic E-state index is -0.577. The molecule has 0 radical (unpaired) electrons. The second-order valence-electron chi connectivity index (χ2n) is 5.67. The van der Waals surface area contributed by atoms with Gasteiger partial charge in [0.15, 0.2) is 11.6 Å². The number of rotatable bonds is 5. The SMILES string of the molecule is CN1CCN(c2c(F)cc(OCCn3ccnc3)cc2F)CC1. The summed E-state index contributed by atoms with van der Waals surface area (Å²) in [4.78, 5) is 7.81. The lowest BCUT2D eigenvalue weighted by Crippen LogP contribution is -2.45. The van der Waals surface area contributed by atoms with Crippen LogP contribution in [-0.2, 0) is 6.54 Å². The van der Waals surface area contributed by atoms with Gasteiger partial charge in [0.25, 0.3) is 0 Å². The van der Waals surface area contributed by atoms with Crippen LogP contribution in [0.5, 0.6) is 5.75 Å². The summed E-state index contributed by atoms with van der Waals surface area (Å²) in [6, 6.07) is 2.51. The standard InChI is InChI=1S/C16H20F2N4O/c1-20-4-6-22(7-5-20)16-14(17)10-13(11-15(16)18)23-9-8-21-3-2-19-12-21/h2-3,10-12H,4-9H2,1H3. The van der Waals surface area contributed by atoms with Crippen molar-refractivity contribution in [2.75, 3.05) is 44.7 Å². The van der Waals surface area contributed by atoms with E-state index >= 15 is 0 Å². The summed E-state index contributed by atoms with van der Waals surface area (Å²) >= 11 is 0. The van der Waals surface area contributed by atoms with Gasteiger partial charge in [0, 0.05) is 50.7 Å². The Balaban J connectivity index is 1.65. The van der Waals surface area contributed by atoms with E-state index in [1.165, 1.54) is 12.1 Å². The quantitative estimate of drug-likeness (QED) is 0.843. The molecular weight excluding hydrogens is 302 g/mol. The lowest BCUT2D eigenvalue weighted by atomic mass is 10.2. The Hall–Kier alpha value is -2.15. The molecule has 2 heterocycles. The molecule has 0 saturated carbocycles. The number of benzene rings is 1. The van der Waals surface area contributed by atoms with Crippen molar-refractivity contribution in [2.24, 2.45) is 0 Å². The molecule has 0 amide bonds. The number of nitrogens with zero attached hydrogens (tertiary/aromatic N) is 4. The second-order valence-corrected chi connectivity index (χ2v) is 5.67. The predicted molar refractivity (Wildman–Crippen MR) is 83.8 cm³/mol.